The van der Waals surface area contributed by atoms with Crippen molar-refractivity contribution >= 4 is 39.9 Å². The topological polar surface area (TPSA) is 69.9 Å². The Morgan fingerprint density at radius 2 is 2.00 bits per heavy atom. The average Bonchev–Trinajstić information content (AvgIpc) is 3.15. The summed E-state index contributed by atoms with van der Waals surface area (Å²) in [6.07, 6.45) is 0. The second kappa shape index (κ2) is 5.90. The highest BCUT2D eigenvalue weighted by Gasteiger charge is 2.13. The zero-order valence-corrected chi connectivity index (χ0v) is 13.8. The number of hydrogen-bond donors (Lipinski definition) is 0. The van der Waals surface area contributed by atoms with Crippen molar-refractivity contribution in [3.8, 4) is 16.4 Å². The summed E-state index contributed by atoms with van der Waals surface area (Å²) in [5.74, 6) is 0.306. The Labute approximate surface area is 137 Å². The van der Waals surface area contributed by atoms with Gasteiger partial charge in [0.2, 0.25) is 0 Å². The highest BCUT2D eigenvalue weighted by Crippen LogP contribution is 2.28. The fourth-order valence-corrected chi connectivity index (χ4v) is 3.40. The second-order valence-electron chi connectivity index (χ2n) is 4.06. The Kier molecular flexibility index (Phi) is 3.97. The van der Waals surface area contributed by atoms with Gasteiger partial charge < -0.3 is 4.74 Å². The van der Waals surface area contributed by atoms with Crippen LogP contribution in [0, 0.1) is 2.88 Å². The van der Waals surface area contributed by atoms with E-state index >= 15 is 0 Å². The van der Waals surface area contributed by atoms with E-state index in [0.717, 1.165) is 13.4 Å². The van der Waals surface area contributed by atoms with Crippen LogP contribution in [0.2, 0.25) is 0 Å². The molecule has 0 aliphatic heterocycles. The largest absolute Gasteiger partial charge is 0.465 e. The molecule has 0 N–H and O–H groups in total. The number of hydrogen-bond acceptors (Lipinski definition) is 6. The van der Waals surface area contributed by atoms with Gasteiger partial charge >= 0.3 is 5.97 Å². The fourth-order valence-electron chi connectivity index (χ4n) is 1.81. The van der Waals surface area contributed by atoms with E-state index in [1.807, 2.05) is 12.1 Å². The molecule has 0 amide bonds. The van der Waals surface area contributed by atoms with Crippen LogP contribution in [0.25, 0.3) is 16.4 Å². The maximum atomic E-state index is 11.4. The number of thiophene rings is 1. The summed E-state index contributed by atoms with van der Waals surface area (Å²) in [6, 6.07) is 10.9. The number of methoxy groups -OCH3 is 1. The molecule has 21 heavy (non-hydrogen) atoms. The first-order chi connectivity index (χ1) is 10.2. The normalized spacial score (nSPS) is 10.6. The highest BCUT2D eigenvalue weighted by molar-refractivity contribution is 14.1. The Morgan fingerprint density at radius 3 is 2.62 bits per heavy atom. The number of ether oxygens (including phenoxy) is 1. The van der Waals surface area contributed by atoms with Gasteiger partial charge in [-0.05, 0) is 69.4 Å². The molecular weight excluding hydrogens is 403 g/mol. The molecule has 2 heterocycles. The fraction of sp³-hybridized carbons (Fsp3) is 0.0769. The maximum absolute atomic E-state index is 11.4. The summed E-state index contributed by atoms with van der Waals surface area (Å²) in [5, 5.41) is 11.8. The maximum Gasteiger partial charge on any atom is 0.337 e. The third kappa shape index (κ3) is 2.81. The number of nitrogens with zero attached hydrogens (tertiary/aromatic N) is 4. The highest BCUT2D eigenvalue weighted by atomic mass is 127. The van der Waals surface area contributed by atoms with Crippen molar-refractivity contribution in [3.63, 3.8) is 0 Å². The van der Waals surface area contributed by atoms with E-state index in [4.69, 9.17) is 0 Å². The van der Waals surface area contributed by atoms with E-state index in [1.165, 1.54) is 7.11 Å². The van der Waals surface area contributed by atoms with Gasteiger partial charge in [-0.25, -0.2) is 4.79 Å². The Morgan fingerprint density at radius 1 is 1.24 bits per heavy atom. The van der Waals surface area contributed by atoms with Crippen molar-refractivity contribution in [3.05, 3.63) is 44.8 Å². The summed E-state index contributed by atoms with van der Waals surface area (Å²) >= 11 is 3.87. The van der Waals surface area contributed by atoms with Crippen LogP contribution in [-0.4, -0.2) is 33.3 Å². The number of benzene rings is 1. The van der Waals surface area contributed by atoms with Gasteiger partial charge in [0.25, 0.3) is 0 Å². The van der Waals surface area contributed by atoms with Gasteiger partial charge in [-0.2, -0.15) is 4.68 Å². The lowest BCUT2D eigenvalue weighted by Crippen LogP contribution is -2.03. The van der Waals surface area contributed by atoms with E-state index < -0.39 is 0 Å². The molecule has 8 heteroatoms. The molecule has 0 unspecified atom stereocenters. The molecule has 0 atom stereocenters. The van der Waals surface area contributed by atoms with Crippen LogP contribution in [0.3, 0.4) is 0 Å². The van der Waals surface area contributed by atoms with Crippen LogP contribution >= 0.6 is 33.9 Å². The lowest BCUT2D eigenvalue weighted by atomic mass is 10.2. The van der Waals surface area contributed by atoms with Gasteiger partial charge in [-0.3, -0.25) is 0 Å². The van der Waals surface area contributed by atoms with E-state index in [9.17, 15) is 4.79 Å². The molecule has 0 aliphatic rings. The minimum atomic E-state index is -0.369. The zero-order chi connectivity index (χ0) is 14.8. The molecule has 0 aliphatic carbocycles. The Bertz CT molecular complexity index is 782. The van der Waals surface area contributed by atoms with Gasteiger partial charge in [0.05, 0.1) is 26.1 Å². The van der Waals surface area contributed by atoms with Crippen molar-refractivity contribution in [1.82, 2.24) is 20.2 Å². The van der Waals surface area contributed by atoms with Crippen molar-refractivity contribution in [2.75, 3.05) is 7.11 Å². The summed E-state index contributed by atoms with van der Waals surface area (Å²) in [6.45, 7) is 0. The molecule has 106 valence electrons. The van der Waals surface area contributed by atoms with Gasteiger partial charge in [0, 0.05) is 0 Å². The lowest BCUT2D eigenvalue weighted by Gasteiger charge is -2.04. The van der Waals surface area contributed by atoms with Crippen molar-refractivity contribution in [1.29, 1.82) is 0 Å². The van der Waals surface area contributed by atoms with Crippen LogP contribution in [0.15, 0.2) is 36.4 Å². The summed E-state index contributed by atoms with van der Waals surface area (Å²) < 4.78 is 7.48. The van der Waals surface area contributed by atoms with Crippen molar-refractivity contribution < 1.29 is 9.53 Å². The molecule has 0 spiro atoms. The summed E-state index contributed by atoms with van der Waals surface area (Å²) in [4.78, 5) is 12.4. The first-order valence-corrected chi connectivity index (χ1v) is 7.81. The Balaban J connectivity index is 1.98. The minimum absolute atomic E-state index is 0.369. The van der Waals surface area contributed by atoms with Crippen LogP contribution in [0.1, 0.15) is 10.4 Å². The predicted molar refractivity (Wildman–Crippen MR) is 86.5 cm³/mol. The molecule has 3 aromatic rings. The standard InChI is InChI=1S/C13H9IN4O2S/c1-20-13(19)8-2-4-9(5-3-8)18-12(15-16-17-18)10-6-7-11(14)21-10/h2-7H,1H3. The number of esters is 1. The van der Waals surface area contributed by atoms with Gasteiger partial charge in [-0.1, -0.05) is 0 Å². The van der Waals surface area contributed by atoms with E-state index in [-0.39, 0.29) is 5.97 Å². The number of carbonyl (C=O) groups excluding carboxylic acids is 1. The third-order valence-corrected chi connectivity index (χ3v) is 4.69. The van der Waals surface area contributed by atoms with Gasteiger partial charge in [0.15, 0.2) is 5.82 Å². The SMILES string of the molecule is COC(=O)c1ccc(-n2nnnc2-c2ccc(I)s2)cc1. The molecule has 0 fully saturated rings. The number of rotatable bonds is 3. The van der Waals surface area contributed by atoms with Crippen LogP contribution in [0.4, 0.5) is 0 Å². The Hall–Kier alpha value is -1.81. The number of carbonyl (C=O) groups is 1. The summed E-state index contributed by atoms with van der Waals surface area (Å²) in [5.41, 5.74) is 1.27. The predicted octanol–water partition coefficient (Wildman–Crippen LogP) is 2.78. The molecule has 0 radical (unpaired) electrons. The van der Waals surface area contributed by atoms with Crippen LogP contribution < -0.4 is 0 Å². The van der Waals surface area contributed by atoms with Crippen molar-refractivity contribution in [2.24, 2.45) is 0 Å². The zero-order valence-electron chi connectivity index (χ0n) is 10.9. The monoisotopic (exact) mass is 412 g/mol. The van der Waals surface area contributed by atoms with Crippen molar-refractivity contribution in [2.45, 2.75) is 0 Å². The molecule has 0 saturated carbocycles. The van der Waals surface area contributed by atoms with Gasteiger partial charge in [-0.15, -0.1) is 16.4 Å². The first-order valence-electron chi connectivity index (χ1n) is 5.92. The lowest BCUT2D eigenvalue weighted by molar-refractivity contribution is 0.0601. The molecule has 0 bridgehead atoms. The number of aromatic nitrogens is 4. The first kappa shape index (κ1) is 14.1. The van der Waals surface area contributed by atoms with E-state index in [2.05, 4.69) is 42.9 Å². The molecule has 1 aromatic carbocycles. The van der Waals surface area contributed by atoms with Gasteiger partial charge in [0.1, 0.15) is 0 Å². The average molecular weight is 412 g/mol. The smallest absolute Gasteiger partial charge is 0.337 e. The quantitative estimate of drug-likeness (QED) is 0.489. The van der Waals surface area contributed by atoms with E-state index in [1.54, 1.807) is 40.3 Å². The molecule has 3 rings (SSSR count). The number of halogens is 1. The molecule has 2 aromatic heterocycles. The minimum Gasteiger partial charge on any atom is -0.465 e. The molecule has 6 nitrogen and oxygen atoms in total. The summed E-state index contributed by atoms with van der Waals surface area (Å²) in [7, 11) is 1.36. The second-order valence-corrected chi connectivity index (χ2v) is 7.03. The van der Waals surface area contributed by atoms with Crippen LogP contribution in [0.5, 0.6) is 0 Å². The van der Waals surface area contributed by atoms with Crippen LogP contribution in [-0.2, 0) is 4.74 Å². The third-order valence-electron chi connectivity index (χ3n) is 2.80. The number of tetrazole rings is 1. The molecule has 0 saturated heterocycles. The molecular formula is C13H9IN4O2S. The van der Waals surface area contributed by atoms with E-state index in [0.29, 0.717) is 11.4 Å².